The molecular weight excluding hydrogens is 490 g/mol. The number of methoxy groups -OCH3 is 1. The van der Waals surface area contributed by atoms with E-state index in [9.17, 15) is 30.8 Å². The number of sulfone groups is 1. The van der Waals surface area contributed by atoms with Crippen molar-refractivity contribution >= 4 is 27.3 Å². The van der Waals surface area contributed by atoms with Crippen molar-refractivity contribution in [2.45, 2.75) is 30.0 Å². The Hall–Kier alpha value is -2.53. The van der Waals surface area contributed by atoms with Crippen LogP contribution in [0.1, 0.15) is 28.8 Å². The highest BCUT2D eigenvalue weighted by Crippen LogP contribution is 2.40. The lowest BCUT2D eigenvalue weighted by atomic mass is 9.90. The van der Waals surface area contributed by atoms with Crippen LogP contribution in [0, 0.1) is 5.82 Å². The molecule has 0 bridgehead atoms. The first kappa shape index (κ1) is 25.1. The molecule has 0 spiro atoms. The average molecular weight is 510 g/mol. The summed E-state index contributed by atoms with van der Waals surface area (Å²) in [4.78, 5) is 14.1. The van der Waals surface area contributed by atoms with Crippen LogP contribution in [0.3, 0.4) is 0 Å². The molecule has 1 atom stereocenters. The lowest BCUT2D eigenvalue weighted by molar-refractivity contribution is -0.189. The molecule has 12 heteroatoms. The summed E-state index contributed by atoms with van der Waals surface area (Å²) in [7, 11) is -2.80. The van der Waals surface area contributed by atoms with Crippen molar-refractivity contribution in [2.75, 3.05) is 26.5 Å². The Morgan fingerprint density at radius 1 is 1.21 bits per heavy atom. The summed E-state index contributed by atoms with van der Waals surface area (Å²) in [5, 5.41) is -0.0726. The molecule has 0 radical (unpaired) electrons. The fourth-order valence-corrected chi connectivity index (χ4v) is 4.45. The van der Waals surface area contributed by atoms with E-state index in [2.05, 4.69) is 0 Å². The zero-order chi connectivity index (χ0) is 24.7. The van der Waals surface area contributed by atoms with Crippen molar-refractivity contribution < 1.29 is 40.2 Å². The standard InChI is InChI=1S/C21H20ClF4NO5S/c1-11(21(24,25)26)32-15-7-8-16(33(3,29)30)19(31-2)17(15)20(28)27-9-12(10-27)13-5-4-6-14(22)18(13)23/h4-8,11-12H,9-10H2,1-3H3/t11-/m0/s1. The molecule has 1 heterocycles. The molecule has 1 aliphatic heterocycles. The molecule has 0 unspecified atom stereocenters. The van der Waals surface area contributed by atoms with Crippen molar-refractivity contribution in [3.05, 3.63) is 52.3 Å². The largest absolute Gasteiger partial charge is 0.494 e. The van der Waals surface area contributed by atoms with Gasteiger partial charge in [0.2, 0.25) is 0 Å². The Morgan fingerprint density at radius 3 is 2.39 bits per heavy atom. The maximum absolute atomic E-state index is 14.3. The van der Waals surface area contributed by atoms with E-state index in [0.29, 0.717) is 5.56 Å². The van der Waals surface area contributed by atoms with Crippen LogP contribution >= 0.6 is 11.6 Å². The molecule has 3 rings (SSSR count). The maximum atomic E-state index is 14.3. The van der Waals surface area contributed by atoms with E-state index < -0.39 is 56.8 Å². The van der Waals surface area contributed by atoms with E-state index in [1.165, 1.54) is 17.0 Å². The number of carbonyl (C=O) groups excluding carboxylic acids is 1. The molecule has 0 saturated carbocycles. The van der Waals surface area contributed by atoms with Crippen molar-refractivity contribution in [2.24, 2.45) is 0 Å². The number of alkyl halides is 3. The van der Waals surface area contributed by atoms with Crippen molar-refractivity contribution in [3.8, 4) is 11.5 Å². The van der Waals surface area contributed by atoms with Crippen LogP contribution in [0.15, 0.2) is 35.2 Å². The molecule has 1 saturated heterocycles. The van der Waals surface area contributed by atoms with Crippen LogP contribution in [-0.2, 0) is 9.84 Å². The minimum atomic E-state index is -4.73. The van der Waals surface area contributed by atoms with Gasteiger partial charge in [-0.05, 0) is 30.7 Å². The second kappa shape index (κ2) is 9.02. The van der Waals surface area contributed by atoms with Gasteiger partial charge >= 0.3 is 6.18 Å². The van der Waals surface area contributed by atoms with Crippen LogP contribution in [0.25, 0.3) is 0 Å². The number of ether oxygens (including phenoxy) is 2. The molecule has 1 fully saturated rings. The zero-order valence-corrected chi connectivity index (χ0v) is 19.3. The van der Waals surface area contributed by atoms with E-state index in [1.807, 2.05) is 0 Å². The Morgan fingerprint density at radius 2 is 1.85 bits per heavy atom. The number of amides is 1. The van der Waals surface area contributed by atoms with Crippen molar-refractivity contribution in [1.29, 1.82) is 0 Å². The van der Waals surface area contributed by atoms with Gasteiger partial charge in [0.05, 0.1) is 12.1 Å². The van der Waals surface area contributed by atoms with Gasteiger partial charge in [-0.15, -0.1) is 0 Å². The van der Waals surface area contributed by atoms with Crippen LogP contribution in [0.2, 0.25) is 5.02 Å². The number of hydrogen-bond donors (Lipinski definition) is 0. The number of carbonyl (C=O) groups is 1. The first-order valence-electron chi connectivity index (χ1n) is 9.63. The van der Waals surface area contributed by atoms with Gasteiger partial charge in [-0.3, -0.25) is 4.79 Å². The lowest BCUT2D eigenvalue weighted by Gasteiger charge is -2.40. The highest BCUT2D eigenvalue weighted by molar-refractivity contribution is 7.90. The Bertz CT molecular complexity index is 1180. The highest BCUT2D eigenvalue weighted by Gasteiger charge is 2.41. The fourth-order valence-electron chi connectivity index (χ4n) is 3.43. The Kier molecular flexibility index (Phi) is 6.86. The molecular formula is C21H20ClF4NO5S. The summed E-state index contributed by atoms with van der Waals surface area (Å²) in [5.41, 5.74) is -0.160. The first-order chi connectivity index (χ1) is 15.3. The summed E-state index contributed by atoms with van der Waals surface area (Å²) in [6.07, 6.45) is -6.13. The minimum absolute atomic E-state index is 0.0383. The molecule has 6 nitrogen and oxygen atoms in total. The zero-order valence-electron chi connectivity index (χ0n) is 17.7. The van der Waals surface area contributed by atoms with Gasteiger partial charge < -0.3 is 14.4 Å². The van der Waals surface area contributed by atoms with Gasteiger partial charge in [0.15, 0.2) is 21.7 Å². The monoisotopic (exact) mass is 509 g/mol. The molecule has 180 valence electrons. The third-order valence-corrected chi connectivity index (χ3v) is 6.67. The number of rotatable bonds is 6. The van der Waals surface area contributed by atoms with Gasteiger partial charge in [-0.2, -0.15) is 13.2 Å². The summed E-state index contributed by atoms with van der Waals surface area (Å²) in [6, 6.07) is 6.48. The molecule has 1 amide bonds. The Labute approximate surface area is 193 Å². The van der Waals surface area contributed by atoms with Crippen molar-refractivity contribution in [1.82, 2.24) is 4.90 Å². The van der Waals surface area contributed by atoms with E-state index >= 15 is 0 Å². The summed E-state index contributed by atoms with van der Waals surface area (Å²) < 4.78 is 87.9. The number of benzene rings is 2. The number of hydrogen-bond acceptors (Lipinski definition) is 5. The van der Waals surface area contributed by atoms with Gasteiger partial charge in [0.25, 0.3) is 5.91 Å². The number of nitrogens with zero attached hydrogens (tertiary/aromatic N) is 1. The molecule has 33 heavy (non-hydrogen) atoms. The Balaban J connectivity index is 1.99. The van der Waals surface area contributed by atoms with Crippen LogP contribution < -0.4 is 9.47 Å². The van der Waals surface area contributed by atoms with Gasteiger partial charge in [0, 0.05) is 25.3 Å². The number of likely N-dealkylation sites (tertiary alicyclic amines) is 1. The summed E-state index contributed by atoms with van der Waals surface area (Å²) in [5.74, 6) is -2.72. The smallest absolute Gasteiger partial charge is 0.425 e. The molecule has 1 aliphatic rings. The van der Waals surface area contributed by atoms with Crippen LogP contribution in [0.4, 0.5) is 17.6 Å². The summed E-state index contributed by atoms with van der Waals surface area (Å²) >= 11 is 5.80. The van der Waals surface area contributed by atoms with Gasteiger partial charge in [0.1, 0.15) is 22.0 Å². The third-order valence-electron chi connectivity index (χ3n) is 5.26. The van der Waals surface area contributed by atoms with E-state index in [0.717, 1.165) is 32.4 Å². The van der Waals surface area contributed by atoms with E-state index in [4.69, 9.17) is 21.1 Å². The molecule has 0 aliphatic carbocycles. The number of halogens is 5. The lowest BCUT2D eigenvalue weighted by Crippen LogP contribution is -2.49. The van der Waals surface area contributed by atoms with Gasteiger partial charge in [-0.25, -0.2) is 12.8 Å². The SMILES string of the molecule is COc1c(S(C)(=O)=O)ccc(O[C@@H](C)C(F)(F)F)c1C(=O)N1CC(c2cccc(Cl)c2F)C1. The summed E-state index contributed by atoms with van der Waals surface area (Å²) in [6.45, 7) is 0.833. The van der Waals surface area contributed by atoms with E-state index in [1.54, 1.807) is 6.07 Å². The highest BCUT2D eigenvalue weighted by atomic mass is 35.5. The second-order valence-electron chi connectivity index (χ2n) is 7.59. The topological polar surface area (TPSA) is 72.9 Å². The average Bonchev–Trinajstić information content (AvgIpc) is 2.67. The predicted molar refractivity (Wildman–Crippen MR) is 112 cm³/mol. The third kappa shape index (κ3) is 5.03. The first-order valence-corrected chi connectivity index (χ1v) is 11.9. The van der Waals surface area contributed by atoms with Crippen molar-refractivity contribution in [3.63, 3.8) is 0 Å². The molecule has 0 aromatic heterocycles. The van der Waals surface area contributed by atoms with Crippen LogP contribution in [-0.4, -0.2) is 58.0 Å². The maximum Gasteiger partial charge on any atom is 0.425 e. The second-order valence-corrected chi connectivity index (χ2v) is 9.99. The van der Waals surface area contributed by atoms with E-state index in [-0.39, 0.29) is 23.0 Å². The quantitative estimate of drug-likeness (QED) is 0.538. The molecule has 0 N–H and O–H groups in total. The van der Waals surface area contributed by atoms with Crippen LogP contribution in [0.5, 0.6) is 11.5 Å². The molecule has 2 aromatic carbocycles. The minimum Gasteiger partial charge on any atom is -0.494 e. The normalized spacial score (nSPS) is 15.7. The van der Waals surface area contributed by atoms with Gasteiger partial charge in [-0.1, -0.05) is 23.7 Å². The molecule has 2 aromatic rings. The fraction of sp³-hybridized carbons (Fsp3) is 0.381. The predicted octanol–water partition coefficient (Wildman–Crippen LogP) is 4.46.